The van der Waals surface area contributed by atoms with Crippen LogP contribution in [-0.4, -0.2) is 31.5 Å². The first kappa shape index (κ1) is 8.29. The lowest BCUT2D eigenvalue weighted by molar-refractivity contribution is 0.465. The Kier molecular flexibility index (Phi) is 2.01. The van der Waals surface area contributed by atoms with Crippen LogP contribution < -0.4 is 0 Å². The molecule has 1 aliphatic rings. The van der Waals surface area contributed by atoms with Gasteiger partial charge >= 0.3 is 0 Å². The van der Waals surface area contributed by atoms with Crippen LogP contribution in [0.15, 0.2) is 23.3 Å². The van der Waals surface area contributed by atoms with Crippen molar-refractivity contribution in [1.82, 2.24) is 4.90 Å². The van der Waals surface area contributed by atoms with Gasteiger partial charge in [0.15, 0.2) is 0 Å². The van der Waals surface area contributed by atoms with Gasteiger partial charge in [-0.15, -0.1) is 0 Å². The largest absolute Gasteiger partial charge is 0.375 e. The van der Waals surface area contributed by atoms with E-state index in [0.717, 1.165) is 0 Å². The van der Waals surface area contributed by atoms with Gasteiger partial charge in [-0.25, -0.2) is 0 Å². The number of nitrogens with zero attached hydrogens (tertiary/aromatic N) is 1. The molecule has 0 bridgehead atoms. The summed E-state index contributed by atoms with van der Waals surface area (Å²) in [6, 6.07) is 0. The van der Waals surface area contributed by atoms with E-state index >= 15 is 0 Å². The van der Waals surface area contributed by atoms with Crippen LogP contribution in [0.4, 0.5) is 0 Å². The van der Waals surface area contributed by atoms with E-state index < -0.39 is 10.1 Å². The predicted molar refractivity (Wildman–Crippen MR) is 41.4 cm³/mol. The first-order valence-electron chi connectivity index (χ1n) is 3.05. The summed E-state index contributed by atoms with van der Waals surface area (Å²) in [4.78, 5) is 1.70. The average molecular weight is 175 g/mol. The molecule has 1 N–H and O–H groups in total. The van der Waals surface area contributed by atoms with Crippen LogP contribution in [-0.2, 0) is 10.1 Å². The molecule has 0 aromatic carbocycles. The van der Waals surface area contributed by atoms with Crippen LogP contribution in [0.3, 0.4) is 0 Å². The molecule has 0 aromatic heterocycles. The van der Waals surface area contributed by atoms with Crippen molar-refractivity contribution < 1.29 is 13.0 Å². The molecule has 0 atom stereocenters. The van der Waals surface area contributed by atoms with Crippen molar-refractivity contribution in [2.24, 2.45) is 0 Å². The number of likely N-dealkylation sites (N-methyl/N-ethyl adjacent to an activating group) is 1. The quantitative estimate of drug-likeness (QED) is 0.579. The Morgan fingerprint density at radius 1 is 1.64 bits per heavy atom. The van der Waals surface area contributed by atoms with Gasteiger partial charge in [0.25, 0.3) is 10.1 Å². The van der Waals surface area contributed by atoms with E-state index in [1.54, 1.807) is 24.2 Å². The van der Waals surface area contributed by atoms with Crippen LogP contribution in [0.25, 0.3) is 0 Å². The van der Waals surface area contributed by atoms with Gasteiger partial charge in [0, 0.05) is 7.05 Å². The molecule has 0 amide bonds. The zero-order chi connectivity index (χ0) is 8.48. The summed E-state index contributed by atoms with van der Waals surface area (Å²) in [7, 11) is -2.26. The van der Waals surface area contributed by atoms with Gasteiger partial charge in [-0.05, 0) is 18.4 Å². The van der Waals surface area contributed by atoms with E-state index in [1.165, 1.54) is 6.08 Å². The molecule has 1 rings (SSSR count). The average Bonchev–Trinajstić information content (AvgIpc) is 1.86. The molecule has 62 valence electrons. The maximum absolute atomic E-state index is 10.6. The Labute approximate surface area is 65.6 Å². The zero-order valence-electron chi connectivity index (χ0n) is 6.06. The van der Waals surface area contributed by atoms with Crippen LogP contribution >= 0.6 is 0 Å². The first-order valence-corrected chi connectivity index (χ1v) is 4.49. The lowest BCUT2D eigenvalue weighted by Crippen LogP contribution is -2.21. The van der Waals surface area contributed by atoms with Crippen molar-refractivity contribution in [3.05, 3.63) is 23.3 Å². The van der Waals surface area contributed by atoms with Gasteiger partial charge < -0.3 is 4.90 Å². The molecular weight excluding hydrogens is 166 g/mol. The van der Waals surface area contributed by atoms with E-state index in [9.17, 15) is 8.42 Å². The van der Waals surface area contributed by atoms with Gasteiger partial charge in [-0.2, -0.15) is 8.42 Å². The maximum atomic E-state index is 10.6. The summed E-state index contributed by atoms with van der Waals surface area (Å²) in [5.74, 6) is 0. The summed E-state index contributed by atoms with van der Waals surface area (Å²) in [6.45, 7) is 0.231. The summed E-state index contributed by atoms with van der Waals surface area (Å²) in [5.41, 5.74) is 0. The van der Waals surface area contributed by atoms with Crippen molar-refractivity contribution in [2.75, 3.05) is 13.6 Å². The zero-order valence-corrected chi connectivity index (χ0v) is 6.87. The Morgan fingerprint density at radius 2 is 2.27 bits per heavy atom. The van der Waals surface area contributed by atoms with Gasteiger partial charge in [-0.3, -0.25) is 4.55 Å². The van der Waals surface area contributed by atoms with Gasteiger partial charge in [-0.1, -0.05) is 0 Å². The normalized spacial score (nSPS) is 18.4. The SMILES string of the molecule is CN1C=CC=C(S(=O)(=O)O)C1. The Hall–Kier alpha value is -0.810. The standard InChI is InChI=1S/C6H9NO3S/c1-7-4-2-3-6(5-7)11(8,9)10/h2-4H,5H2,1H3,(H,8,9,10). The fraction of sp³-hybridized carbons (Fsp3) is 0.333. The van der Waals surface area contributed by atoms with E-state index in [-0.39, 0.29) is 11.4 Å². The number of hydrogen-bond acceptors (Lipinski definition) is 3. The van der Waals surface area contributed by atoms with Crippen molar-refractivity contribution in [3.8, 4) is 0 Å². The van der Waals surface area contributed by atoms with Gasteiger partial charge in [0.1, 0.15) is 0 Å². The monoisotopic (exact) mass is 175 g/mol. The van der Waals surface area contributed by atoms with E-state index in [1.807, 2.05) is 0 Å². The second-order valence-corrected chi connectivity index (χ2v) is 3.84. The topological polar surface area (TPSA) is 57.6 Å². The molecule has 1 aliphatic heterocycles. The molecule has 0 saturated carbocycles. The molecule has 1 heterocycles. The van der Waals surface area contributed by atoms with Crippen molar-refractivity contribution in [2.45, 2.75) is 0 Å². The van der Waals surface area contributed by atoms with E-state index in [0.29, 0.717) is 0 Å². The van der Waals surface area contributed by atoms with Crippen LogP contribution in [0.1, 0.15) is 0 Å². The second kappa shape index (κ2) is 2.67. The molecule has 0 aromatic rings. The highest BCUT2D eigenvalue weighted by Crippen LogP contribution is 2.10. The molecule has 11 heavy (non-hydrogen) atoms. The highest BCUT2D eigenvalue weighted by Gasteiger charge is 2.15. The molecule has 0 saturated heterocycles. The molecule has 5 heteroatoms. The molecule has 0 aliphatic carbocycles. The Balaban J connectivity index is 2.92. The molecule has 0 unspecified atom stereocenters. The van der Waals surface area contributed by atoms with Gasteiger partial charge in [0.05, 0.1) is 11.4 Å². The number of allylic oxidation sites excluding steroid dienone is 2. The van der Waals surface area contributed by atoms with Crippen molar-refractivity contribution >= 4 is 10.1 Å². The predicted octanol–water partition coefficient (Wildman–Crippen LogP) is 0.217. The highest BCUT2D eigenvalue weighted by atomic mass is 32.2. The fourth-order valence-corrected chi connectivity index (χ4v) is 1.43. The van der Waals surface area contributed by atoms with Gasteiger partial charge in [0.2, 0.25) is 0 Å². The lowest BCUT2D eigenvalue weighted by atomic mass is 10.4. The second-order valence-electron chi connectivity index (χ2n) is 2.36. The third-order valence-corrected chi connectivity index (χ3v) is 2.29. The molecule has 0 spiro atoms. The molecule has 4 nitrogen and oxygen atoms in total. The number of hydrogen-bond donors (Lipinski definition) is 1. The van der Waals surface area contributed by atoms with E-state index in [4.69, 9.17) is 4.55 Å². The minimum atomic E-state index is -3.99. The van der Waals surface area contributed by atoms with Crippen LogP contribution in [0.2, 0.25) is 0 Å². The number of rotatable bonds is 1. The summed E-state index contributed by atoms with van der Waals surface area (Å²) in [5, 5.41) is 0. The fourth-order valence-electron chi connectivity index (χ4n) is 0.816. The van der Waals surface area contributed by atoms with E-state index in [2.05, 4.69) is 0 Å². The lowest BCUT2D eigenvalue weighted by Gasteiger charge is -2.17. The first-order chi connectivity index (χ1) is 5.00. The summed E-state index contributed by atoms with van der Waals surface area (Å²) < 4.78 is 29.7. The Bertz CT molecular complexity index is 302. The maximum Gasteiger partial charge on any atom is 0.292 e. The summed E-state index contributed by atoms with van der Waals surface area (Å²) in [6.07, 6.45) is 4.69. The molecular formula is C6H9NO3S. The highest BCUT2D eigenvalue weighted by molar-refractivity contribution is 7.89. The minimum absolute atomic E-state index is 0.0301. The minimum Gasteiger partial charge on any atom is -0.375 e. The summed E-state index contributed by atoms with van der Waals surface area (Å²) >= 11 is 0. The van der Waals surface area contributed by atoms with Crippen molar-refractivity contribution in [3.63, 3.8) is 0 Å². The molecule has 0 radical (unpaired) electrons. The van der Waals surface area contributed by atoms with Crippen LogP contribution in [0.5, 0.6) is 0 Å². The smallest absolute Gasteiger partial charge is 0.292 e. The van der Waals surface area contributed by atoms with Crippen LogP contribution in [0, 0.1) is 0 Å². The third-order valence-electron chi connectivity index (χ3n) is 1.36. The Morgan fingerprint density at radius 3 is 2.64 bits per heavy atom. The molecule has 0 fully saturated rings. The van der Waals surface area contributed by atoms with Crippen molar-refractivity contribution in [1.29, 1.82) is 0 Å². The third kappa shape index (κ3) is 2.06.